The quantitative estimate of drug-likeness (QED) is 0.638. The Kier molecular flexibility index (Phi) is 5.72. The number of hydrogen-bond acceptors (Lipinski definition) is 3. The molecule has 1 aromatic rings. The molecule has 0 saturated heterocycles. The highest BCUT2D eigenvalue weighted by molar-refractivity contribution is 5.43. The summed E-state index contributed by atoms with van der Waals surface area (Å²) < 4.78 is 5.74. The molecule has 2 rings (SSSR count). The molecule has 1 aliphatic rings. The van der Waals surface area contributed by atoms with E-state index in [1.165, 1.54) is 25.7 Å². The molecule has 1 fully saturated rings. The molecular formula is C17H28N2O. The summed E-state index contributed by atoms with van der Waals surface area (Å²) in [6, 6.07) is 8.42. The van der Waals surface area contributed by atoms with Crippen LogP contribution in [-0.2, 0) is 0 Å². The van der Waals surface area contributed by atoms with Gasteiger partial charge in [-0.3, -0.25) is 0 Å². The van der Waals surface area contributed by atoms with Crippen molar-refractivity contribution in [2.75, 3.05) is 25.9 Å². The fraction of sp³-hybridized carbons (Fsp3) is 0.647. The zero-order valence-corrected chi connectivity index (χ0v) is 12.8. The molecule has 0 spiro atoms. The molecule has 1 aromatic carbocycles. The van der Waals surface area contributed by atoms with E-state index in [1.807, 2.05) is 24.3 Å². The van der Waals surface area contributed by atoms with E-state index in [4.69, 9.17) is 10.5 Å². The maximum atomic E-state index is 5.74. The largest absolute Gasteiger partial charge is 0.493 e. The van der Waals surface area contributed by atoms with Gasteiger partial charge in [0.15, 0.2) is 0 Å². The summed E-state index contributed by atoms with van der Waals surface area (Å²) in [5.41, 5.74) is 6.49. The molecule has 2 atom stereocenters. The first-order chi connectivity index (χ1) is 9.65. The molecule has 1 aliphatic carbocycles. The van der Waals surface area contributed by atoms with Crippen LogP contribution in [0.2, 0.25) is 0 Å². The molecule has 0 amide bonds. The zero-order chi connectivity index (χ0) is 14.4. The van der Waals surface area contributed by atoms with Crippen LogP contribution in [0.1, 0.15) is 39.0 Å². The fourth-order valence-corrected chi connectivity index (χ4v) is 3.09. The van der Waals surface area contributed by atoms with Gasteiger partial charge in [0.1, 0.15) is 5.75 Å². The van der Waals surface area contributed by atoms with E-state index in [-0.39, 0.29) is 0 Å². The smallest absolute Gasteiger partial charge is 0.121 e. The SMILES string of the molecule is CC1CCCC(N(C)CCCOc2cccc(N)c2)C1. The first kappa shape index (κ1) is 15.2. The fourth-order valence-electron chi connectivity index (χ4n) is 3.09. The first-order valence-corrected chi connectivity index (χ1v) is 7.83. The van der Waals surface area contributed by atoms with E-state index in [0.717, 1.165) is 43.0 Å². The summed E-state index contributed by atoms with van der Waals surface area (Å²) in [5, 5.41) is 0. The van der Waals surface area contributed by atoms with Crippen LogP contribution in [0.4, 0.5) is 5.69 Å². The van der Waals surface area contributed by atoms with Gasteiger partial charge in [0.05, 0.1) is 6.61 Å². The first-order valence-electron chi connectivity index (χ1n) is 7.83. The lowest BCUT2D eigenvalue weighted by atomic mass is 9.86. The highest BCUT2D eigenvalue weighted by atomic mass is 16.5. The molecular weight excluding hydrogens is 248 g/mol. The second-order valence-electron chi connectivity index (χ2n) is 6.18. The summed E-state index contributed by atoms with van der Waals surface area (Å²) >= 11 is 0. The Morgan fingerprint density at radius 3 is 2.95 bits per heavy atom. The van der Waals surface area contributed by atoms with Crippen molar-refractivity contribution in [3.8, 4) is 5.75 Å². The van der Waals surface area contributed by atoms with E-state index in [2.05, 4.69) is 18.9 Å². The predicted octanol–water partition coefficient (Wildman–Crippen LogP) is 3.55. The van der Waals surface area contributed by atoms with Gasteiger partial charge in [0.25, 0.3) is 0 Å². The van der Waals surface area contributed by atoms with Gasteiger partial charge in [0.2, 0.25) is 0 Å². The maximum Gasteiger partial charge on any atom is 0.121 e. The highest BCUT2D eigenvalue weighted by Gasteiger charge is 2.21. The summed E-state index contributed by atoms with van der Waals surface area (Å²) in [6.07, 6.45) is 6.57. The molecule has 0 aromatic heterocycles. The molecule has 1 saturated carbocycles. The summed E-state index contributed by atoms with van der Waals surface area (Å²) in [5.74, 6) is 1.76. The Balaban J connectivity index is 1.65. The number of rotatable bonds is 6. The van der Waals surface area contributed by atoms with Crippen LogP contribution in [0.5, 0.6) is 5.75 Å². The number of benzene rings is 1. The van der Waals surface area contributed by atoms with Crippen molar-refractivity contribution >= 4 is 5.69 Å². The average molecular weight is 276 g/mol. The third-order valence-corrected chi connectivity index (χ3v) is 4.31. The number of anilines is 1. The van der Waals surface area contributed by atoms with Gasteiger partial charge in [-0.25, -0.2) is 0 Å². The minimum atomic E-state index is 0.760. The molecule has 2 N–H and O–H groups in total. The van der Waals surface area contributed by atoms with Crippen molar-refractivity contribution in [1.29, 1.82) is 0 Å². The van der Waals surface area contributed by atoms with Gasteiger partial charge in [-0.1, -0.05) is 25.8 Å². The third-order valence-electron chi connectivity index (χ3n) is 4.31. The Bertz CT molecular complexity index is 408. The third kappa shape index (κ3) is 4.71. The maximum absolute atomic E-state index is 5.74. The molecule has 3 heteroatoms. The molecule has 20 heavy (non-hydrogen) atoms. The Morgan fingerprint density at radius 1 is 1.35 bits per heavy atom. The second kappa shape index (κ2) is 7.53. The lowest BCUT2D eigenvalue weighted by Gasteiger charge is -2.34. The predicted molar refractivity (Wildman–Crippen MR) is 85.0 cm³/mol. The number of nitrogens with zero attached hydrogens (tertiary/aromatic N) is 1. The highest BCUT2D eigenvalue weighted by Crippen LogP contribution is 2.26. The Hall–Kier alpha value is -1.22. The summed E-state index contributed by atoms with van der Waals surface area (Å²) in [7, 11) is 2.25. The van der Waals surface area contributed by atoms with Crippen LogP contribution in [0.25, 0.3) is 0 Å². The van der Waals surface area contributed by atoms with Gasteiger partial charge in [-0.2, -0.15) is 0 Å². The van der Waals surface area contributed by atoms with Crippen molar-refractivity contribution < 1.29 is 4.74 Å². The van der Waals surface area contributed by atoms with Gasteiger partial charge in [0, 0.05) is 24.3 Å². The number of hydrogen-bond donors (Lipinski definition) is 1. The monoisotopic (exact) mass is 276 g/mol. The van der Waals surface area contributed by atoms with Gasteiger partial charge in [-0.15, -0.1) is 0 Å². The molecule has 0 bridgehead atoms. The minimum Gasteiger partial charge on any atom is -0.493 e. The molecule has 0 aliphatic heterocycles. The van der Waals surface area contributed by atoms with Crippen LogP contribution >= 0.6 is 0 Å². The lowest BCUT2D eigenvalue weighted by molar-refractivity contribution is 0.154. The summed E-state index contributed by atoms with van der Waals surface area (Å²) in [4.78, 5) is 2.51. The van der Waals surface area contributed by atoms with Gasteiger partial charge < -0.3 is 15.4 Å². The van der Waals surface area contributed by atoms with Crippen molar-refractivity contribution in [2.24, 2.45) is 5.92 Å². The zero-order valence-electron chi connectivity index (χ0n) is 12.8. The van der Waals surface area contributed by atoms with Crippen LogP contribution < -0.4 is 10.5 Å². The molecule has 112 valence electrons. The van der Waals surface area contributed by atoms with Gasteiger partial charge >= 0.3 is 0 Å². The molecule has 0 heterocycles. The lowest BCUT2D eigenvalue weighted by Crippen LogP contribution is -2.36. The number of nitrogen functional groups attached to an aromatic ring is 1. The Morgan fingerprint density at radius 2 is 2.20 bits per heavy atom. The van der Waals surface area contributed by atoms with E-state index in [1.54, 1.807) is 0 Å². The molecule has 0 radical (unpaired) electrons. The Labute approximate surface area is 123 Å². The van der Waals surface area contributed by atoms with Gasteiger partial charge in [-0.05, 0) is 44.4 Å². The van der Waals surface area contributed by atoms with Crippen LogP contribution in [0.15, 0.2) is 24.3 Å². The van der Waals surface area contributed by atoms with E-state index in [9.17, 15) is 0 Å². The average Bonchev–Trinajstić information content (AvgIpc) is 2.43. The van der Waals surface area contributed by atoms with E-state index >= 15 is 0 Å². The van der Waals surface area contributed by atoms with Crippen molar-refractivity contribution in [1.82, 2.24) is 4.90 Å². The van der Waals surface area contributed by atoms with Crippen molar-refractivity contribution in [3.63, 3.8) is 0 Å². The molecule has 2 unspecified atom stereocenters. The van der Waals surface area contributed by atoms with Crippen molar-refractivity contribution in [3.05, 3.63) is 24.3 Å². The second-order valence-corrected chi connectivity index (χ2v) is 6.18. The van der Waals surface area contributed by atoms with Crippen LogP contribution in [0, 0.1) is 5.92 Å². The number of nitrogens with two attached hydrogens (primary N) is 1. The standard InChI is InChI=1S/C17H28N2O/c1-14-6-3-8-16(12-14)19(2)10-5-11-20-17-9-4-7-15(18)13-17/h4,7,9,13-14,16H,3,5-6,8,10-12,18H2,1-2H3. The van der Waals surface area contributed by atoms with Crippen LogP contribution in [0.3, 0.4) is 0 Å². The number of ether oxygens (including phenoxy) is 1. The molecule has 3 nitrogen and oxygen atoms in total. The van der Waals surface area contributed by atoms with E-state index in [0.29, 0.717) is 0 Å². The van der Waals surface area contributed by atoms with Crippen molar-refractivity contribution in [2.45, 2.75) is 45.1 Å². The normalized spacial score (nSPS) is 22.9. The topological polar surface area (TPSA) is 38.5 Å². The van der Waals surface area contributed by atoms with Crippen LogP contribution in [-0.4, -0.2) is 31.1 Å². The van der Waals surface area contributed by atoms with E-state index < -0.39 is 0 Å². The minimum absolute atomic E-state index is 0.760. The summed E-state index contributed by atoms with van der Waals surface area (Å²) in [6.45, 7) is 4.25.